The largest absolute Gasteiger partial charge is 0.331 e. The summed E-state index contributed by atoms with van der Waals surface area (Å²) in [5, 5.41) is 8.75. The number of nitrogens with zero attached hydrogens (tertiary/aromatic N) is 4. The Balaban J connectivity index is 1.80. The number of carbonyl (C=O) groups excluding carboxylic acids is 1. The van der Waals surface area contributed by atoms with Crippen molar-refractivity contribution in [2.45, 2.75) is 25.4 Å². The van der Waals surface area contributed by atoms with E-state index in [1.54, 1.807) is 24.5 Å². The van der Waals surface area contributed by atoms with E-state index in [1.165, 1.54) is 6.20 Å². The summed E-state index contributed by atoms with van der Waals surface area (Å²) in [5.41, 5.74) is 1.85. The highest BCUT2D eigenvalue weighted by atomic mass is 16.2. The minimum Gasteiger partial charge on any atom is -0.331 e. The summed E-state index contributed by atoms with van der Waals surface area (Å²) in [6, 6.07) is 9.32. The Morgan fingerprint density at radius 3 is 2.76 bits per heavy atom. The van der Waals surface area contributed by atoms with Crippen LogP contribution in [0.25, 0.3) is 0 Å². The lowest BCUT2D eigenvalue weighted by Crippen LogP contribution is -2.32. The van der Waals surface area contributed by atoms with Crippen molar-refractivity contribution < 1.29 is 4.79 Å². The average molecular weight is 278 g/mol. The predicted octanol–water partition coefficient (Wildman–Crippen LogP) is 2.15. The van der Waals surface area contributed by atoms with Crippen LogP contribution in [0.3, 0.4) is 0 Å². The highest BCUT2D eigenvalue weighted by Crippen LogP contribution is 2.29. The van der Waals surface area contributed by atoms with E-state index in [0.29, 0.717) is 23.8 Å². The Morgan fingerprint density at radius 2 is 2.19 bits per heavy atom. The molecule has 21 heavy (non-hydrogen) atoms. The smallest absolute Gasteiger partial charge is 0.255 e. The van der Waals surface area contributed by atoms with Gasteiger partial charge in [0.05, 0.1) is 5.56 Å². The summed E-state index contributed by atoms with van der Waals surface area (Å²) in [7, 11) is 0. The normalized spacial score (nSPS) is 13.5. The zero-order chi connectivity index (χ0) is 14.7. The van der Waals surface area contributed by atoms with Gasteiger partial charge in [-0.1, -0.05) is 6.07 Å². The van der Waals surface area contributed by atoms with Gasteiger partial charge in [-0.25, -0.2) is 4.98 Å². The molecule has 0 radical (unpaired) electrons. The van der Waals surface area contributed by atoms with Gasteiger partial charge >= 0.3 is 0 Å². The molecule has 0 bridgehead atoms. The van der Waals surface area contributed by atoms with Crippen molar-refractivity contribution in [3.63, 3.8) is 0 Å². The van der Waals surface area contributed by atoms with Crippen LogP contribution in [0.2, 0.25) is 0 Å². The number of nitriles is 1. The highest BCUT2D eigenvalue weighted by Gasteiger charge is 2.33. The lowest BCUT2D eigenvalue weighted by Gasteiger charge is -2.22. The van der Waals surface area contributed by atoms with E-state index in [4.69, 9.17) is 5.26 Å². The first-order valence-corrected chi connectivity index (χ1v) is 6.84. The standard InChI is InChI=1S/C16H14N4O/c17-8-14-4-3-13(10-19-14)16(21)20(15-5-6-15)11-12-2-1-7-18-9-12/h1-4,7,9-10,15H,5-6,11H2. The van der Waals surface area contributed by atoms with Gasteiger partial charge in [-0.05, 0) is 36.6 Å². The summed E-state index contributed by atoms with van der Waals surface area (Å²) in [5.74, 6) is -0.0432. The van der Waals surface area contributed by atoms with Crippen LogP contribution in [0.4, 0.5) is 0 Å². The SMILES string of the molecule is N#Cc1ccc(C(=O)N(Cc2cccnc2)C2CC2)cn1. The second-order valence-electron chi connectivity index (χ2n) is 5.07. The van der Waals surface area contributed by atoms with Crippen LogP contribution in [-0.2, 0) is 6.54 Å². The average Bonchev–Trinajstić information content (AvgIpc) is 3.38. The molecule has 3 rings (SSSR count). The fourth-order valence-electron chi connectivity index (χ4n) is 2.19. The molecule has 1 aliphatic rings. The molecule has 1 saturated carbocycles. The highest BCUT2D eigenvalue weighted by molar-refractivity contribution is 5.94. The summed E-state index contributed by atoms with van der Waals surface area (Å²) in [6.45, 7) is 0.553. The third-order valence-electron chi connectivity index (χ3n) is 3.45. The van der Waals surface area contributed by atoms with Crippen LogP contribution in [0, 0.1) is 11.3 Å². The van der Waals surface area contributed by atoms with Crippen LogP contribution in [0.15, 0.2) is 42.9 Å². The number of rotatable bonds is 4. The summed E-state index contributed by atoms with van der Waals surface area (Å²) in [6.07, 6.45) is 7.04. The lowest BCUT2D eigenvalue weighted by atomic mass is 10.2. The molecular formula is C16H14N4O. The van der Waals surface area contributed by atoms with Gasteiger partial charge in [-0.2, -0.15) is 5.26 Å². The molecule has 0 aromatic carbocycles. The van der Waals surface area contributed by atoms with Gasteiger partial charge in [-0.15, -0.1) is 0 Å². The molecule has 0 N–H and O–H groups in total. The van der Waals surface area contributed by atoms with E-state index in [2.05, 4.69) is 9.97 Å². The monoisotopic (exact) mass is 278 g/mol. The number of hydrogen-bond acceptors (Lipinski definition) is 4. The maximum absolute atomic E-state index is 12.6. The van der Waals surface area contributed by atoms with Crippen molar-refractivity contribution in [1.29, 1.82) is 5.26 Å². The molecule has 0 spiro atoms. The molecule has 1 amide bonds. The van der Waals surface area contributed by atoms with Crippen LogP contribution >= 0.6 is 0 Å². The summed E-state index contributed by atoms with van der Waals surface area (Å²) >= 11 is 0. The van der Waals surface area contributed by atoms with Crippen LogP contribution in [0.1, 0.15) is 34.5 Å². The number of amides is 1. The molecule has 104 valence electrons. The first kappa shape index (κ1) is 13.3. The van der Waals surface area contributed by atoms with E-state index >= 15 is 0 Å². The van der Waals surface area contributed by atoms with Crippen LogP contribution in [-0.4, -0.2) is 26.8 Å². The molecule has 0 unspecified atom stereocenters. The quantitative estimate of drug-likeness (QED) is 0.859. The first-order valence-electron chi connectivity index (χ1n) is 6.84. The Labute approximate surface area is 122 Å². The Morgan fingerprint density at radius 1 is 1.33 bits per heavy atom. The van der Waals surface area contributed by atoms with Gasteiger partial charge in [0, 0.05) is 31.2 Å². The number of pyridine rings is 2. The maximum Gasteiger partial charge on any atom is 0.255 e. The van der Waals surface area contributed by atoms with Crippen LogP contribution in [0.5, 0.6) is 0 Å². The Bertz CT molecular complexity index is 672. The molecule has 5 heteroatoms. The summed E-state index contributed by atoms with van der Waals surface area (Å²) in [4.78, 5) is 22.5. The van der Waals surface area contributed by atoms with E-state index in [1.807, 2.05) is 23.1 Å². The molecule has 0 saturated heterocycles. The molecule has 2 aromatic rings. The second-order valence-corrected chi connectivity index (χ2v) is 5.07. The number of aromatic nitrogens is 2. The third-order valence-corrected chi connectivity index (χ3v) is 3.45. The van der Waals surface area contributed by atoms with Crippen LogP contribution < -0.4 is 0 Å². The first-order chi connectivity index (χ1) is 10.3. The molecule has 1 fully saturated rings. The van der Waals surface area contributed by atoms with Crippen molar-refractivity contribution in [1.82, 2.24) is 14.9 Å². The van der Waals surface area contributed by atoms with Crippen molar-refractivity contribution in [2.24, 2.45) is 0 Å². The van der Waals surface area contributed by atoms with E-state index < -0.39 is 0 Å². The van der Waals surface area contributed by atoms with Crippen molar-refractivity contribution in [3.05, 3.63) is 59.7 Å². The Hall–Kier alpha value is -2.74. The lowest BCUT2D eigenvalue weighted by molar-refractivity contribution is 0.0729. The van der Waals surface area contributed by atoms with Gasteiger partial charge in [0.25, 0.3) is 5.91 Å². The predicted molar refractivity (Wildman–Crippen MR) is 76.1 cm³/mol. The molecule has 5 nitrogen and oxygen atoms in total. The van der Waals surface area contributed by atoms with Crippen molar-refractivity contribution >= 4 is 5.91 Å². The van der Waals surface area contributed by atoms with Gasteiger partial charge in [0.15, 0.2) is 0 Å². The molecule has 2 aromatic heterocycles. The van der Waals surface area contributed by atoms with Crippen molar-refractivity contribution in [3.8, 4) is 6.07 Å². The Kier molecular flexibility index (Phi) is 3.61. The molecule has 1 aliphatic carbocycles. The topological polar surface area (TPSA) is 69.9 Å². The zero-order valence-corrected chi connectivity index (χ0v) is 11.4. The van der Waals surface area contributed by atoms with Gasteiger partial charge < -0.3 is 4.90 Å². The van der Waals surface area contributed by atoms with Crippen molar-refractivity contribution in [2.75, 3.05) is 0 Å². The molecular weight excluding hydrogens is 264 g/mol. The maximum atomic E-state index is 12.6. The van der Waals surface area contributed by atoms with E-state index in [0.717, 1.165) is 18.4 Å². The zero-order valence-electron chi connectivity index (χ0n) is 11.4. The summed E-state index contributed by atoms with van der Waals surface area (Å²) < 4.78 is 0. The van der Waals surface area contributed by atoms with Gasteiger partial charge in [-0.3, -0.25) is 9.78 Å². The molecule has 2 heterocycles. The van der Waals surface area contributed by atoms with E-state index in [-0.39, 0.29) is 5.91 Å². The van der Waals surface area contributed by atoms with E-state index in [9.17, 15) is 4.79 Å². The fourth-order valence-corrected chi connectivity index (χ4v) is 2.19. The molecule has 0 aliphatic heterocycles. The second kappa shape index (κ2) is 5.71. The molecule has 0 atom stereocenters. The van der Waals surface area contributed by atoms with Gasteiger partial charge in [0.1, 0.15) is 11.8 Å². The fraction of sp³-hybridized carbons (Fsp3) is 0.250. The number of carbonyl (C=O) groups is 1. The number of hydrogen-bond donors (Lipinski definition) is 0. The minimum atomic E-state index is -0.0432. The third kappa shape index (κ3) is 3.06. The minimum absolute atomic E-state index is 0.0432. The van der Waals surface area contributed by atoms with Gasteiger partial charge in [0.2, 0.25) is 0 Å².